The third-order valence-corrected chi connectivity index (χ3v) is 12.7. The van der Waals surface area contributed by atoms with Gasteiger partial charge in [-0.25, -0.2) is 4.79 Å². The highest BCUT2D eigenvalue weighted by atomic mass is 28.3. The van der Waals surface area contributed by atoms with E-state index in [1.165, 1.54) is 0 Å². The van der Waals surface area contributed by atoms with Crippen LogP contribution in [0.3, 0.4) is 0 Å². The van der Waals surface area contributed by atoms with E-state index in [2.05, 4.69) is 46.0 Å². The van der Waals surface area contributed by atoms with Crippen LogP contribution >= 0.6 is 0 Å². The molecule has 2 aromatic carbocycles. The van der Waals surface area contributed by atoms with Crippen molar-refractivity contribution in [1.29, 1.82) is 0 Å². The first-order valence-electron chi connectivity index (χ1n) is 9.55. The number of hydrogen-bond donors (Lipinski definition) is 0. The van der Waals surface area contributed by atoms with Crippen molar-refractivity contribution in [2.75, 3.05) is 0 Å². The Bertz CT molecular complexity index is 811. The molecule has 1 aliphatic rings. The fourth-order valence-corrected chi connectivity index (χ4v) is 6.58. The molecule has 2 atom stereocenters. The lowest BCUT2D eigenvalue weighted by atomic mass is 10.1. The minimum atomic E-state index is -2.29. The van der Waals surface area contributed by atoms with Crippen LogP contribution in [0.2, 0.25) is 18.1 Å². The van der Waals surface area contributed by atoms with Crippen LogP contribution in [0.15, 0.2) is 60.7 Å². The van der Waals surface area contributed by atoms with Gasteiger partial charge in [-0.3, -0.25) is 0 Å². The Balaban J connectivity index is 2.12. The monoisotopic (exact) mass is 382 g/mol. The summed E-state index contributed by atoms with van der Waals surface area (Å²) in [6, 6.07) is 19.9. The number of cyclic esters (lactones) is 1. The van der Waals surface area contributed by atoms with E-state index in [1.54, 1.807) is 0 Å². The van der Waals surface area contributed by atoms with Gasteiger partial charge in [0.05, 0.1) is 0 Å². The molecule has 144 valence electrons. The smallest absolute Gasteiger partial charge is 0.338 e. The highest BCUT2D eigenvalue weighted by Gasteiger charge is 2.67. The zero-order valence-corrected chi connectivity index (χ0v) is 18.2. The second kappa shape index (κ2) is 6.61. The Kier molecular flexibility index (Phi) is 4.85. The van der Waals surface area contributed by atoms with Crippen molar-refractivity contribution in [1.82, 2.24) is 0 Å². The maximum Gasteiger partial charge on any atom is 0.338 e. The quantitative estimate of drug-likeness (QED) is 0.520. The maximum absolute atomic E-state index is 13.5. The molecule has 0 N–H and O–H groups in total. The molecule has 0 radical (unpaired) electrons. The van der Waals surface area contributed by atoms with Gasteiger partial charge in [-0.05, 0) is 10.6 Å². The number of hydrogen-bond acceptors (Lipinski definition) is 3. The topological polar surface area (TPSA) is 35.5 Å². The van der Waals surface area contributed by atoms with Crippen molar-refractivity contribution in [2.24, 2.45) is 0 Å². The molecule has 0 aromatic heterocycles. The molecule has 0 spiro atoms. The first-order chi connectivity index (χ1) is 12.5. The Morgan fingerprint density at radius 3 is 1.96 bits per heavy atom. The summed E-state index contributed by atoms with van der Waals surface area (Å²) in [6.07, 6.45) is 0.533. The van der Waals surface area contributed by atoms with Gasteiger partial charge < -0.3 is 9.47 Å². The summed E-state index contributed by atoms with van der Waals surface area (Å²) in [5, 5.41) is -0.986. The number of benzene rings is 2. The van der Waals surface area contributed by atoms with Gasteiger partial charge in [0.15, 0.2) is 5.22 Å². The zero-order valence-electron chi connectivity index (χ0n) is 17.2. The second-order valence-corrected chi connectivity index (χ2v) is 14.7. The third-order valence-electron chi connectivity index (χ3n) is 6.46. The predicted octanol–water partition coefficient (Wildman–Crippen LogP) is 5.46. The van der Waals surface area contributed by atoms with Crippen molar-refractivity contribution in [3.05, 3.63) is 71.8 Å². The Labute approximate surface area is 163 Å². The van der Waals surface area contributed by atoms with Crippen LogP contribution < -0.4 is 0 Å². The molecule has 0 amide bonds. The molecule has 0 aliphatic carbocycles. The molecule has 27 heavy (non-hydrogen) atoms. The molecule has 1 fully saturated rings. The number of ether oxygens (including phenoxy) is 2. The molecular formula is C23H30O3Si. The molecule has 3 rings (SSSR count). The lowest BCUT2D eigenvalue weighted by Gasteiger charge is -2.47. The van der Waals surface area contributed by atoms with Gasteiger partial charge in [0.1, 0.15) is 8.07 Å². The first-order valence-corrected chi connectivity index (χ1v) is 12.5. The van der Waals surface area contributed by atoms with Crippen LogP contribution in [0.1, 0.15) is 38.8 Å². The van der Waals surface area contributed by atoms with Gasteiger partial charge in [0, 0.05) is 18.9 Å². The highest BCUT2D eigenvalue weighted by molar-refractivity contribution is 6.85. The van der Waals surface area contributed by atoms with E-state index in [0.29, 0.717) is 6.42 Å². The highest BCUT2D eigenvalue weighted by Crippen LogP contribution is 2.53. The fourth-order valence-electron chi connectivity index (χ4n) is 3.71. The van der Waals surface area contributed by atoms with Crippen molar-refractivity contribution < 1.29 is 14.3 Å². The van der Waals surface area contributed by atoms with Gasteiger partial charge in [-0.15, -0.1) is 0 Å². The minimum absolute atomic E-state index is 0.0390. The van der Waals surface area contributed by atoms with Crippen LogP contribution in [-0.4, -0.2) is 19.3 Å². The molecule has 3 nitrogen and oxygen atoms in total. The van der Waals surface area contributed by atoms with Crippen LogP contribution in [0.25, 0.3) is 0 Å². The van der Waals surface area contributed by atoms with E-state index in [4.69, 9.17) is 9.47 Å². The number of esters is 1. The average Bonchev–Trinajstić information content (AvgIpc) is 2.88. The zero-order chi connectivity index (χ0) is 19.9. The largest absolute Gasteiger partial charge is 0.427 e. The summed E-state index contributed by atoms with van der Waals surface area (Å²) in [5.41, 5.74) is 1.96. The summed E-state index contributed by atoms with van der Waals surface area (Å²) in [4.78, 5) is 13.5. The van der Waals surface area contributed by atoms with Crippen molar-refractivity contribution in [3.8, 4) is 0 Å². The van der Waals surface area contributed by atoms with E-state index >= 15 is 0 Å². The SMILES string of the molecule is CC1(c2ccccc2)OC(=O)C(Cc2ccccc2)([Si](C)(C)C(C)(C)C)O1. The van der Waals surface area contributed by atoms with Crippen LogP contribution in [0, 0.1) is 0 Å². The van der Waals surface area contributed by atoms with E-state index in [9.17, 15) is 4.79 Å². The van der Waals surface area contributed by atoms with Crippen LogP contribution in [-0.2, 0) is 26.5 Å². The number of rotatable bonds is 4. The number of carbonyl (C=O) groups is 1. The summed E-state index contributed by atoms with van der Waals surface area (Å²) < 4.78 is 12.7. The number of carbonyl (C=O) groups excluding carboxylic acids is 1. The maximum atomic E-state index is 13.5. The standard InChI is InChI=1S/C23H30O3Si/c1-21(2,3)27(5,6)23(17-18-13-9-7-10-14-18)20(24)25-22(4,26-23)19-15-11-8-12-16-19/h7-16H,17H2,1-6H3. The molecule has 1 aliphatic heterocycles. The molecule has 4 heteroatoms. The summed E-state index contributed by atoms with van der Waals surface area (Å²) in [6.45, 7) is 13.0. The molecule has 1 saturated heterocycles. The minimum Gasteiger partial charge on any atom is -0.427 e. The lowest BCUT2D eigenvalue weighted by Crippen LogP contribution is -2.64. The molecule has 2 aromatic rings. The first kappa shape index (κ1) is 19.8. The van der Waals surface area contributed by atoms with Gasteiger partial charge in [0.2, 0.25) is 5.79 Å². The van der Waals surface area contributed by atoms with E-state index in [1.807, 2.05) is 55.5 Å². The molecule has 2 unspecified atom stereocenters. The molecule has 0 saturated carbocycles. The molecule has 0 bridgehead atoms. The summed E-state index contributed by atoms with van der Waals surface area (Å²) >= 11 is 0. The molecular weight excluding hydrogens is 352 g/mol. The van der Waals surface area contributed by atoms with Crippen molar-refractivity contribution in [2.45, 2.75) is 63.3 Å². The van der Waals surface area contributed by atoms with E-state index in [-0.39, 0.29) is 11.0 Å². The third kappa shape index (κ3) is 3.25. The van der Waals surface area contributed by atoms with E-state index < -0.39 is 19.1 Å². The Hall–Kier alpha value is -1.91. The lowest BCUT2D eigenvalue weighted by molar-refractivity contribution is -0.177. The Morgan fingerprint density at radius 1 is 0.926 bits per heavy atom. The second-order valence-electron chi connectivity index (χ2n) is 9.17. The summed E-state index contributed by atoms with van der Waals surface area (Å²) in [7, 11) is -2.29. The van der Waals surface area contributed by atoms with Gasteiger partial charge >= 0.3 is 5.97 Å². The van der Waals surface area contributed by atoms with Gasteiger partial charge in [-0.1, -0.05) is 94.5 Å². The summed E-state index contributed by atoms with van der Waals surface area (Å²) in [5.74, 6) is -1.30. The van der Waals surface area contributed by atoms with E-state index in [0.717, 1.165) is 11.1 Å². The normalized spacial score (nSPS) is 26.1. The van der Waals surface area contributed by atoms with Gasteiger partial charge in [0.25, 0.3) is 0 Å². The average molecular weight is 383 g/mol. The van der Waals surface area contributed by atoms with Crippen molar-refractivity contribution in [3.63, 3.8) is 0 Å². The fraction of sp³-hybridized carbons (Fsp3) is 0.435. The molecule has 1 heterocycles. The van der Waals surface area contributed by atoms with Crippen LogP contribution in [0.4, 0.5) is 0 Å². The predicted molar refractivity (Wildman–Crippen MR) is 111 cm³/mol. The Morgan fingerprint density at radius 2 is 1.44 bits per heavy atom. The van der Waals surface area contributed by atoms with Crippen LogP contribution in [0.5, 0.6) is 0 Å². The van der Waals surface area contributed by atoms with Crippen molar-refractivity contribution >= 4 is 14.0 Å². The van der Waals surface area contributed by atoms with Gasteiger partial charge in [-0.2, -0.15) is 0 Å².